The predicted molar refractivity (Wildman–Crippen MR) is 85.2 cm³/mol. The highest BCUT2D eigenvalue weighted by Gasteiger charge is 2.33. The fraction of sp³-hybridized carbons (Fsp3) is 0.529. The second kappa shape index (κ2) is 6.18. The molecule has 118 valence electrons. The van der Waals surface area contributed by atoms with Crippen molar-refractivity contribution in [2.75, 3.05) is 13.1 Å². The minimum atomic E-state index is 0.130. The summed E-state index contributed by atoms with van der Waals surface area (Å²) in [5.41, 5.74) is 7.50. The molecule has 3 rings (SSSR count). The van der Waals surface area contributed by atoms with Crippen LogP contribution in [0.1, 0.15) is 37.5 Å². The second-order valence-corrected chi connectivity index (χ2v) is 6.86. The summed E-state index contributed by atoms with van der Waals surface area (Å²) in [6, 6.07) is 10.5. The van der Waals surface area contributed by atoms with Crippen LogP contribution in [0, 0.1) is 5.41 Å². The molecule has 1 aromatic heterocycles. The number of piperidine rings is 1. The first-order valence-corrected chi connectivity index (χ1v) is 7.86. The molecule has 1 atom stereocenters. The maximum absolute atomic E-state index is 6.18. The van der Waals surface area contributed by atoms with Crippen LogP contribution in [0.3, 0.4) is 0 Å². The lowest BCUT2D eigenvalue weighted by atomic mass is 9.80. The molecule has 2 N–H and O–H groups in total. The van der Waals surface area contributed by atoms with Gasteiger partial charge in [-0.2, -0.15) is 4.98 Å². The van der Waals surface area contributed by atoms with E-state index in [2.05, 4.69) is 41.0 Å². The number of nitrogens with two attached hydrogens (primary N) is 1. The van der Waals surface area contributed by atoms with Crippen LogP contribution in [0.25, 0.3) is 0 Å². The van der Waals surface area contributed by atoms with Crippen molar-refractivity contribution in [1.82, 2.24) is 15.0 Å². The van der Waals surface area contributed by atoms with E-state index in [1.165, 1.54) is 5.56 Å². The topological polar surface area (TPSA) is 68.2 Å². The van der Waals surface area contributed by atoms with Gasteiger partial charge in [-0.3, -0.25) is 4.90 Å². The normalized spacial score (nSPS) is 21.9. The van der Waals surface area contributed by atoms with Crippen molar-refractivity contribution in [3.05, 3.63) is 47.6 Å². The molecule has 0 amide bonds. The molecule has 0 spiro atoms. The van der Waals surface area contributed by atoms with Crippen LogP contribution < -0.4 is 5.73 Å². The van der Waals surface area contributed by atoms with Gasteiger partial charge in [0.05, 0.1) is 6.54 Å². The lowest BCUT2D eigenvalue weighted by Crippen LogP contribution is -2.52. The Kier molecular flexibility index (Phi) is 4.27. The summed E-state index contributed by atoms with van der Waals surface area (Å²) < 4.78 is 5.40. The lowest BCUT2D eigenvalue weighted by Gasteiger charge is -2.42. The van der Waals surface area contributed by atoms with Crippen molar-refractivity contribution in [1.29, 1.82) is 0 Å². The third-order valence-corrected chi connectivity index (χ3v) is 4.47. The van der Waals surface area contributed by atoms with Gasteiger partial charge in [-0.25, -0.2) is 0 Å². The fourth-order valence-electron chi connectivity index (χ4n) is 3.02. The molecule has 0 saturated carbocycles. The van der Waals surface area contributed by atoms with Crippen molar-refractivity contribution in [3.8, 4) is 0 Å². The van der Waals surface area contributed by atoms with Gasteiger partial charge in [0, 0.05) is 25.6 Å². The van der Waals surface area contributed by atoms with Crippen LogP contribution in [0.2, 0.25) is 0 Å². The molecule has 1 saturated heterocycles. The Morgan fingerprint density at radius 1 is 1.32 bits per heavy atom. The molecule has 1 aromatic carbocycles. The van der Waals surface area contributed by atoms with Crippen molar-refractivity contribution in [2.24, 2.45) is 11.1 Å². The summed E-state index contributed by atoms with van der Waals surface area (Å²) >= 11 is 0. The summed E-state index contributed by atoms with van der Waals surface area (Å²) in [6.45, 7) is 7.10. The van der Waals surface area contributed by atoms with Gasteiger partial charge < -0.3 is 10.3 Å². The fourth-order valence-corrected chi connectivity index (χ4v) is 3.02. The monoisotopic (exact) mass is 300 g/mol. The molecular formula is C17H24N4O. The Hall–Kier alpha value is -1.72. The van der Waals surface area contributed by atoms with Gasteiger partial charge in [0.2, 0.25) is 5.89 Å². The molecule has 22 heavy (non-hydrogen) atoms. The van der Waals surface area contributed by atoms with Crippen molar-refractivity contribution < 1.29 is 4.52 Å². The van der Waals surface area contributed by atoms with Crippen LogP contribution in [0.4, 0.5) is 0 Å². The van der Waals surface area contributed by atoms with Crippen LogP contribution in [0.5, 0.6) is 0 Å². The number of rotatable bonds is 4. The molecule has 1 aliphatic heterocycles. The Morgan fingerprint density at radius 2 is 2.09 bits per heavy atom. The largest absolute Gasteiger partial charge is 0.338 e. The number of benzene rings is 1. The summed E-state index contributed by atoms with van der Waals surface area (Å²) in [4.78, 5) is 6.87. The molecule has 1 unspecified atom stereocenters. The minimum absolute atomic E-state index is 0.130. The average Bonchev–Trinajstić information content (AvgIpc) is 2.91. The third kappa shape index (κ3) is 3.54. The van der Waals surface area contributed by atoms with Gasteiger partial charge in [-0.15, -0.1) is 0 Å². The Labute approximate surface area is 131 Å². The van der Waals surface area contributed by atoms with Crippen molar-refractivity contribution >= 4 is 0 Å². The molecule has 0 aliphatic carbocycles. The van der Waals surface area contributed by atoms with Gasteiger partial charge in [-0.05, 0) is 17.4 Å². The number of likely N-dealkylation sites (tertiary alicyclic amines) is 1. The van der Waals surface area contributed by atoms with E-state index < -0.39 is 0 Å². The van der Waals surface area contributed by atoms with Gasteiger partial charge in [0.25, 0.3) is 0 Å². The van der Waals surface area contributed by atoms with E-state index in [9.17, 15) is 0 Å². The number of nitrogens with zero attached hydrogens (tertiary/aromatic N) is 3. The zero-order valence-electron chi connectivity index (χ0n) is 13.3. The summed E-state index contributed by atoms with van der Waals surface area (Å²) in [7, 11) is 0. The van der Waals surface area contributed by atoms with E-state index in [4.69, 9.17) is 10.3 Å². The van der Waals surface area contributed by atoms with E-state index in [1.807, 2.05) is 18.2 Å². The molecule has 2 heterocycles. The Balaban J connectivity index is 1.60. The number of aromatic nitrogens is 2. The molecule has 2 aromatic rings. The quantitative estimate of drug-likeness (QED) is 0.937. The number of hydrogen-bond acceptors (Lipinski definition) is 5. The van der Waals surface area contributed by atoms with Crippen molar-refractivity contribution in [3.63, 3.8) is 0 Å². The Morgan fingerprint density at radius 3 is 2.82 bits per heavy atom. The molecular weight excluding hydrogens is 276 g/mol. The summed E-state index contributed by atoms with van der Waals surface area (Å²) in [6.07, 6.45) is 1.72. The highest BCUT2D eigenvalue weighted by Crippen LogP contribution is 2.28. The maximum Gasteiger partial charge on any atom is 0.240 e. The predicted octanol–water partition coefficient (Wildman–Crippen LogP) is 2.22. The molecule has 1 aliphatic rings. The van der Waals surface area contributed by atoms with E-state index in [1.54, 1.807) is 0 Å². The average molecular weight is 300 g/mol. The van der Waals surface area contributed by atoms with Gasteiger partial charge in [-0.1, -0.05) is 49.3 Å². The first-order chi connectivity index (χ1) is 10.5. The standard InChI is InChI=1S/C17H24N4O/c1-17(2)12-21(9-8-14(17)18)11-16-19-15(20-22-16)10-13-6-4-3-5-7-13/h3-7,14H,8-12,18H2,1-2H3. The molecule has 0 radical (unpaired) electrons. The van der Waals surface area contributed by atoms with Crippen molar-refractivity contribution in [2.45, 2.75) is 39.3 Å². The van der Waals surface area contributed by atoms with Gasteiger partial charge in [0.1, 0.15) is 0 Å². The zero-order valence-corrected chi connectivity index (χ0v) is 13.3. The van der Waals surface area contributed by atoms with E-state index in [-0.39, 0.29) is 11.5 Å². The van der Waals surface area contributed by atoms with Gasteiger partial charge in [0.15, 0.2) is 5.82 Å². The summed E-state index contributed by atoms with van der Waals surface area (Å²) in [5, 5.41) is 4.09. The summed E-state index contributed by atoms with van der Waals surface area (Å²) in [5.74, 6) is 1.44. The number of hydrogen-bond donors (Lipinski definition) is 1. The third-order valence-electron chi connectivity index (χ3n) is 4.47. The van der Waals surface area contributed by atoms with E-state index in [0.717, 1.165) is 25.3 Å². The SMILES string of the molecule is CC1(C)CN(Cc2nc(Cc3ccccc3)no2)CCC1N. The first-order valence-electron chi connectivity index (χ1n) is 7.86. The first kappa shape index (κ1) is 15.2. The van der Waals surface area contributed by atoms with Crippen LogP contribution in [0.15, 0.2) is 34.9 Å². The molecule has 5 nitrogen and oxygen atoms in total. The minimum Gasteiger partial charge on any atom is -0.338 e. The highest BCUT2D eigenvalue weighted by molar-refractivity contribution is 5.18. The van der Waals surface area contributed by atoms with E-state index in [0.29, 0.717) is 18.9 Å². The molecule has 1 fully saturated rings. The maximum atomic E-state index is 6.18. The zero-order chi connectivity index (χ0) is 15.6. The smallest absolute Gasteiger partial charge is 0.240 e. The van der Waals surface area contributed by atoms with Crippen LogP contribution >= 0.6 is 0 Å². The molecule has 0 bridgehead atoms. The second-order valence-electron chi connectivity index (χ2n) is 6.86. The Bertz CT molecular complexity index is 608. The van der Waals surface area contributed by atoms with Gasteiger partial charge >= 0.3 is 0 Å². The lowest BCUT2D eigenvalue weighted by molar-refractivity contribution is 0.0811. The van der Waals surface area contributed by atoms with Crippen LogP contribution in [-0.2, 0) is 13.0 Å². The molecule has 5 heteroatoms. The highest BCUT2D eigenvalue weighted by atomic mass is 16.5. The van der Waals surface area contributed by atoms with E-state index >= 15 is 0 Å². The van der Waals surface area contributed by atoms with Crippen LogP contribution in [-0.4, -0.2) is 34.2 Å².